The van der Waals surface area contributed by atoms with E-state index >= 15 is 0 Å². The van der Waals surface area contributed by atoms with Gasteiger partial charge >= 0.3 is 0 Å². The topological polar surface area (TPSA) is 77.0 Å². The number of aliphatic imine (C=N–C) groups is 1. The summed E-state index contributed by atoms with van der Waals surface area (Å²) in [5.41, 5.74) is 0.665. The average molecular weight is 341 g/mol. The summed E-state index contributed by atoms with van der Waals surface area (Å²) in [6.45, 7) is 1.35. The number of rotatable bonds is 3. The first-order valence-corrected chi connectivity index (χ1v) is 7.35. The van der Waals surface area contributed by atoms with Gasteiger partial charge in [-0.25, -0.2) is 0 Å². The van der Waals surface area contributed by atoms with Crippen LogP contribution >= 0.6 is 23.4 Å². The van der Waals surface area contributed by atoms with Crippen molar-refractivity contribution in [2.24, 2.45) is 4.99 Å². The van der Waals surface area contributed by atoms with Crippen molar-refractivity contribution in [1.29, 1.82) is 0 Å². The molecule has 0 saturated heterocycles. The number of carbonyl (C=O) groups is 2. The Morgan fingerprint density at radius 2 is 2.09 bits per heavy atom. The molecular weight excluding hydrogens is 328 g/mol. The van der Waals surface area contributed by atoms with E-state index < -0.39 is 5.91 Å². The summed E-state index contributed by atoms with van der Waals surface area (Å²) >= 11 is 7.21. The number of benzene rings is 1. The maximum atomic E-state index is 11.8. The zero-order valence-corrected chi connectivity index (χ0v) is 13.7. The molecule has 22 heavy (non-hydrogen) atoms. The van der Waals surface area contributed by atoms with Crippen LogP contribution in [0.4, 0.5) is 0 Å². The number of amides is 2. The first kappa shape index (κ1) is 16.4. The van der Waals surface area contributed by atoms with Crippen molar-refractivity contribution in [3.8, 4) is 11.5 Å². The van der Waals surface area contributed by atoms with Gasteiger partial charge in [0.05, 0.1) is 24.1 Å². The third kappa shape index (κ3) is 3.61. The van der Waals surface area contributed by atoms with Crippen molar-refractivity contribution >= 4 is 46.4 Å². The predicted octanol–water partition coefficient (Wildman–Crippen LogP) is 2.46. The molecule has 0 spiro atoms. The van der Waals surface area contributed by atoms with E-state index in [0.717, 1.165) is 11.8 Å². The molecule has 2 rings (SSSR count). The summed E-state index contributed by atoms with van der Waals surface area (Å²) < 4.78 is 10.4. The smallest absolute Gasteiger partial charge is 0.286 e. The second kappa shape index (κ2) is 6.85. The summed E-state index contributed by atoms with van der Waals surface area (Å²) in [5, 5.41) is 3.11. The van der Waals surface area contributed by atoms with Crippen molar-refractivity contribution in [3.63, 3.8) is 0 Å². The van der Waals surface area contributed by atoms with Crippen molar-refractivity contribution in [2.45, 2.75) is 6.92 Å². The fourth-order valence-electron chi connectivity index (χ4n) is 1.79. The third-order valence-corrected chi connectivity index (χ3v) is 3.84. The van der Waals surface area contributed by atoms with E-state index in [0.29, 0.717) is 27.0 Å². The van der Waals surface area contributed by atoms with Gasteiger partial charge in [-0.05, 0) is 35.5 Å². The number of halogens is 1. The molecule has 6 nitrogen and oxygen atoms in total. The van der Waals surface area contributed by atoms with E-state index in [1.54, 1.807) is 18.2 Å². The van der Waals surface area contributed by atoms with Crippen molar-refractivity contribution in [3.05, 3.63) is 27.6 Å². The lowest BCUT2D eigenvalue weighted by Crippen LogP contribution is -2.23. The van der Waals surface area contributed by atoms with Crippen LogP contribution in [0, 0.1) is 0 Å². The summed E-state index contributed by atoms with van der Waals surface area (Å²) in [6.07, 6.45) is 1.62. The van der Waals surface area contributed by atoms with E-state index in [2.05, 4.69) is 10.3 Å². The number of ether oxygens (including phenoxy) is 2. The van der Waals surface area contributed by atoms with E-state index in [1.165, 1.54) is 21.1 Å². The number of hydrogen-bond acceptors (Lipinski definition) is 5. The number of amidine groups is 1. The van der Waals surface area contributed by atoms with Gasteiger partial charge < -0.3 is 14.8 Å². The zero-order chi connectivity index (χ0) is 16.3. The number of hydrogen-bond donors (Lipinski definition) is 1. The minimum atomic E-state index is -0.417. The Kier molecular flexibility index (Phi) is 5.10. The van der Waals surface area contributed by atoms with Crippen LogP contribution in [0.1, 0.15) is 12.5 Å². The number of carbonyl (C=O) groups excluding carboxylic acids is 2. The largest absolute Gasteiger partial charge is 0.493 e. The van der Waals surface area contributed by atoms with E-state index in [-0.39, 0.29) is 11.1 Å². The van der Waals surface area contributed by atoms with Crippen LogP contribution in [0.5, 0.6) is 11.5 Å². The Bertz CT molecular complexity index is 700. The Hall–Kier alpha value is -1.99. The van der Waals surface area contributed by atoms with Crippen LogP contribution < -0.4 is 14.8 Å². The molecule has 0 unspecified atom stereocenters. The van der Waals surface area contributed by atoms with Crippen LogP contribution in [0.15, 0.2) is 22.0 Å². The fraction of sp³-hybridized carbons (Fsp3) is 0.214. The summed E-state index contributed by atoms with van der Waals surface area (Å²) in [5.74, 6) is 0.182. The second-order valence-electron chi connectivity index (χ2n) is 4.25. The van der Waals surface area contributed by atoms with Crippen LogP contribution in [-0.4, -0.2) is 31.2 Å². The van der Waals surface area contributed by atoms with Gasteiger partial charge in [-0.3, -0.25) is 9.59 Å². The van der Waals surface area contributed by atoms with Crippen LogP contribution in [-0.2, 0) is 9.59 Å². The van der Waals surface area contributed by atoms with Gasteiger partial charge in [0.2, 0.25) is 5.91 Å². The molecule has 1 aromatic carbocycles. The van der Waals surface area contributed by atoms with Crippen molar-refractivity contribution < 1.29 is 19.1 Å². The summed E-state index contributed by atoms with van der Waals surface area (Å²) in [7, 11) is 2.99. The molecule has 0 atom stereocenters. The molecular formula is C14H13ClN2O4S. The number of methoxy groups -OCH3 is 2. The number of nitrogens with zero attached hydrogens (tertiary/aromatic N) is 1. The number of nitrogens with one attached hydrogen (secondary N) is 1. The monoisotopic (exact) mass is 340 g/mol. The molecule has 1 heterocycles. The Morgan fingerprint density at radius 1 is 1.36 bits per heavy atom. The van der Waals surface area contributed by atoms with Gasteiger partial charge in [0, 0.05) is 6.92 Å². The average Bonchev–Trinajstić information content (AvgIpc) is 2.77. The van der Waals surface area contributed by atoms with Gasteiger partial charge in [0.25, 0.3) is 5.91 Å². The molecule has 0 aliphatic carbocycles. The number of thioether (sulfide) groups is 1. The van der Waals surface area contributed by atoms with Crippen LogP contribution in [0.3, 0.4) is 0 Å². The lowest BCUT2D eigenvalue weighted by molar-refractivity contribution is -0.117. The molecule has 0 aromatic heterocycles. The fourth-order valence-corrected chi connectivity index (χ4v) is 2.94. The molecule has 1 aliphatic heterocycles. The van der Waals surface area contributed by atoms with Gasteiger partial charge in [-0.1, -0.05) is 11.6 Å². The lowest BCUT2D eigenvalue weighted by Gasteiger charge is -2.10. The highest BCUT2D eigenvalue weighted by Gasteiger charge is 2.23. The zero-order valence-electron chi connectivity index (χ0n) is 12.1. The second-order valence-corrected chi connectivity index (χ2v) is 5.69. The highest BCUT2D eigenvalue weighted by molar-refractivity contribution is 8.18. The Labute approximate surface area is 136 Å². The minimum absolute atomic E-state index is 0.260. The van der Waals surface area contributed by atoms with Gasteiger partial charge in [0.1, 0.15) is 0 Å². The van der Waals surface area contributed by atoms with Crippen LogP contribution in [0.2, 0.25) is 5.02 Å². The minimum Gasteiger partial charge on any atom is -0.493 e. The van der Waals surface area contributed by atoms with Crippen molar-refractivity contribution in [1.82, 2.24) is 5.32 Å². The highest BCUT2D eigenvalue weighted by Crippen LogP contribution is 2.37. The molecule has 0 bridgehead atoms. The van der Waals surface area contributed by atoms with Gasteiger partial charge in [-0.15, -0.1) is 0 Å². The highest BCUT2D eigenvalue weighted by atomic mass is 35.5. The molecule has 2 amide bonds. The predicted molar refractivity (Wildman–Crippen MR) is 86.4 cm³/mol. The molecule has 1 aromatic rings. The third-order valence-electron chi connectivity index (χ3n) is 2.66. The van der Waals surface area contributed by atoms with Gasteiger partial charge in [-0.2, -0.15) is 4.99 Å². The molecule has 8 heteroatoms. The Balaban J connectivity index is 2.29. The first-order chi connectivity index (χ1) is 10.4. The first-order valence-electron chi connectivity index (χ1n) is 6.16. The molecule has 0 radical (unpaired) electrons. The quantitative estimate of drug-likeness (QED) is 0.855. The maximum absolute atomic E-state index is 11.8. The molecule has 116 valence electrons. The van der Waals surface area contributed by atoms with Gasteiger partial charge in [0.15, 0.2) is 16.7 Å². The van der Waals surface area contributed by atoms with E-state index in [9.17, 15) is 9.59 Å². The van der Waals surface area contributed by atoms with Crippen molar-refractivity contribution in [2.75, 3.05) is 14.2 Å². The molecule has 0 fully saturated rings. The summed E-state index contributed by atoms with van der Waals surface area (Å²) in [6, 6.07) is 3.35. The normalized spacial score (nSPS) is 15.7. The lowest BCUT2D eigenvalue weighted by atomic mass is 10.2. The van der Waals surface area contributed by atoms with Crippen LogP contribution in [0.25, 0.3) is 6.08 Å². The summed E-state index contributed by atoms with van der Waals surface area (Å²) in [4.78, 5) is 26.9. The molecule has 1 aliphatic rings. The molecule has 1 N–H and O–H groups in total. The van der Waals surface area contributed by atoms with E-state index in [4.69, 9.17) is 21.1 Å². The molecule has 0 saturated carbocycles. The standard InChI is InChI=1S/C14H13ClN2O4S/c1-7(18)16-14-17-13(19)11(22-14)6-8-4-9(15)12(21-3)10(5-8)20-2/h4-6H,1-3H3,(H,16,17,18,19)/b11-6-. The maximum Gasteiger partial charge on any atom is 0.286 e. The SMILES string of the molecule is COc1cc(/C=C2\SC(NC(C)=O)=NC2=O)cc(Cl)c1OC. The van der Waals surface area contributed by atoms with E-state index in [1.807, 2.05) is 0 Å². The Morgan fingerprint density at radius 3 is 2.68 bits per heavy atom.